The third-order valence-electron chi connectivity index (χ3n) is 3.88. The van der Waals surface area contributed by atoms with E-state index >= 15 is 0 Å². The van der Waals surface area contributed by atoms with Crippen LogP contribution in [0.4, 0.5) is 5.69 Å². The second kappa shape index (κ2) is 6.36. The Labute approximate surface area is 142 Å². The van der Waals surface area contributed by atoms with E-state index in [0.717, 1.165) is 16.8 Å². The minimum Gasteiger partial charge on any atom is -0.423 e. The number of rotatable bonds is 3. The normalized spacial score (nSPS) is 15.4. The lowest BCUT2D eigenvalue weighted by atomic mass is 9.91. The Kier molecular flexibility index (Phi) is 4.26. The first-order chi connectivity index (χ1) is 11.4. The molecule has 0 unspecified atom stereocenters. The van der Waals surface area contributed by atoms with Gasteiger partial charge in [0, 0.05) is 17.3 Å². The number of esters is 1. The highest BCUT2D eigenvalue weighted by Crippen LogP contribution is 2.35. The summed E-state index contributed by atoms with van der Waals surface area (Å²) in [6.45, 7) is 6.33. The number of hydrogen-bond donors (Lipinski definition) is 1. The topological polar surface area (TPSA) is 38.3 Å². The van der Waals surface area contributed by atoms with E-state index < -0.39 is 0 Å². The third kappa shape index (κ3) is 3.74. The maximum Gasteiger partial charge on any atom is 0.336 e. The second-order valence-corrected chi connectivity index (χ2v) is 6.55. The van der Waals surface area contributed by atoms with E-state index in [-0.39, 0.29) is 11.5 Å². The highest BCUT2D eigenvalue weighted by atomic mass is 16.5. The number of hydrogen-bond acceptors (Lipinski definition) is 3. The fourth-order valence-corrected chi connectivity index (χ4v) is 2.90. The van der Waals surface area contributed by atoms with Crippen LogP contribution in [0.25, 0.3) is 11.6 Å². The van der Waals surface area contributed by atoms with Gasteiger partial charge in [0.25, 0.3) is 0 Å². The largest absolute Gasteiger partial charge is 0.423 e. The Balaban J connectivity index is 1.74. The molecule has 122 valence electrons. The molecule has 0 fully saturated rings. The van der Waals surface area contributed by atoms with Crippen LogP contribution in [0.3, 0.4) is 0 Å². The van der Waals surface area contributed by atoms with Crippen LogP contribution in [0, 0.1) is 0 Å². The van der Waals surface area contributed by atoms with Crippen molar-refractivity contribution in [1.82, 2.24) is 0 Å². The molecule has 3 nitrogen and oxygen atoms in total. The summed E-state index contributed by atoms with van der Waals surface area (Å²) in [7, 11) is 0. The highest BCUT2D eigenvalue weighted by Gasteiger charge is 2.22. The van der Waals surface area contributed by atoms with Gasteiger partial charge >= 0.3 is 5.97 Å². The highest BCUT2D eigenvalue weighted by molar-refractivity contribution is 5.89. The number of benzene rings is 2. The van der Waals surface area contributed by atoms with Gasteiger partial charge in [-0.15, -0.1) is 0 Å². The molecule has 0 saturated heterocycles. The average Bonchev–Trinajstić information content (AvgIpc) is 2.54. The van der Waals surface area contributed by atoms with Crippen LogP contribution in [-0.2, 0) is 4.79 Å². The van der Waals surface area contributed by atoms with Crippen LogP contribution < -0.4 is 10.1 Å². The number of carbonyl (C=O) groups excluding carboxylic acids is 1. The first kappa shape index (κ1) is 16.1. The number of anilines is 1. The summed E-state index contributed by atoms with van der Waals surface area (Å²) < 4.78 is 5.42. The van der Waals surface area contributed by atoms with Crippen molar-refractivity contribution in [3.8, 4) is 5.75 Å². The lowest BCUT2D eigenvalue weighted by Gasteiger charge is -2.31. The molecule has 0 aromatic heterocycles. The fourth-order valence-electron chi connectivity index (χ4n) is 2.90. The SMILES string of the molecule is CC1=CC(C)(C)Nc2ccc(OC(=O)/C=C/c3ccccc3)cc21. The van der Waals surface area contributed by atoms with E-state index in [0.29, 0.717) is 5.75 Å². The molecule has 1 aliphatic rings. The van der Waals surface area contributed by atoms with Gasteiger partial charge in [-0.05, 0) is 56.2 Å². The maximum atomic E-state index is 12.0. The molecule has 1 heterocycles. The van der Waals surface area contributed by atoms with Crippen molar-refractivity contribution in [2.45, 2.75) is 26.3 Å². The van der Waals surface area contributed by atoms with Gasteiger partial charge in [0.05, 0.1) is 5.54 Å². The van der Waals surface area contributed by atoms with Crippen molar-refractivity contribution in [1.29, 1.82) is 0 Å². The van der Waals surface area contributed by atoms with Crippen LogP contribution >= 0.6 is 0 Å². The average molecular weight is 319 g/mol. The fraction of sp³-hybridized carbons (Fsp3) is 0.190. The van der Waals surface area contributed by atoms with Crippen molar-refractivity contribution in [3.05, 3.63) is 71.8 Å². The van der Waals surface area contributed by atoms with E-state index in [9.17, 15) is 4.79 Å². The van der Waals surface area contributed by atoms with Gasteiger partial charge in [-0.3, -0.25) is 0 Å². The Hall–Kier alpha value is -2.81. The van der Waals surface area contributed by atoms with E-state index in [1.165, 1.54) is 11.6 Å². The summed E-state index contributed by atoms with van der Waals surface area (Å²) >= 11 is 0. The molecule has 0 bridgehead atoms. The van der Waals surface area contributed by atoms with Gasteiger partial charge in [0.1, 0.15) is 5.75 Å². The Bertz CT molecular complexity index is 817. The number of ether oxygens (including phenoxy) is 1. The van der Waals surface area contributed by atoms with Crippen LogP contribution in [0.5, 0.6) is 5.75 Å². The van der Waals surface area contributed by atoms with Crippen LogP contribution in [-0.4, -0.2) is 11.5 Å². The minimum atomic E-state index is -0.385. The summed E-state index contributed by atoms with van der Waals surface area (Å²) in [5.74, 6) is 0.162. The van der Waals surface area contributed by atoms with Gasteiger partial charge < -0.3 is 10.1 Å². The molecule has 1 N–H and O–H groups in total. The summed E-state index contributed by atoms with van der Waals surface area (Å²) in [5.41, 5.74) is 4.18. The molecule has 2 aromatic rings. The molecule has 0 atom stereocenters. The van der Waals surface area contributed by atoms with Crippen molar-refractivity contribution >= 4 is 23.3 Å². The minimum absolute atomic E-state index is 0.0757. The summed E-state index contributed by atoms with van der Waals surface area (Å²) in [6, 6.07) is 15.3. The number of fused-ring (bicyclic) bond motifs is 1. The van der Waals surface area contributed by atoms with E-state index in [1.807, 2.05) is 48.5 Å². The van der Waals surface area contributed by atoms with Crippen molar-refractivity contribution < 1.29 is 9.53 Å². The standard InChI is InChI=1S/C21H21NO2/c1-15-14-21(2,3)22-19-11-10-17(13-18(15)19)24-20(23)12-9-16-7-5-4-6-8-16/h4-14,22H,1-3H3/b12-9+. The van der Waals surface area contributed by atoms with E-state index in [1.54, 1.807) is 6.08 Å². The predicted octanol–water partition coefficient (Wildman–Crippen LogP) is 4.91. The smallest absolute Gasteiger partial charge is 0.336 e. The molecule has 1 aliphatic heterocycles. The molecule has 0 spiro atoms. The number of allylic oxidation sites excluding steroid dienone is 1. The van der Waals surface area contributed by atoms with Crippen LogP contribution in [0.1, 0.15) is 31.9 Å². The predicted molar refractivity (Wildman–Crippen MR) is 98.9 cm³/mol. The molecule has 2 aromatic carbocycles. The first-order valence-electron chi connectivity index (χ1n) is 8.00. The monoisotopic (exact) mass is 319 g/mol. The lowest BCUT2D eigenvalue weighted by molar-refractivity contribution is -0.128. The van der Waals surface area contributed by atoms with E-state index in [4.69, 9.17) is 4.74 Å². The van der Waals surface area contributed by atoms with Gasteiger partial charge in [-0.25, -0.2) is 4.79 Å². The van der Waals surface area contributed by atoms with Gasteiger partial charge in [0.2, 0.25) is 0 Å². The summed E-state index contributed by atoms with van der Waals surface area (Å²) in [6.07, 6.45) is 5.37. The Morgan fingerprint density at radius 3 is 2.62 bits per heavy atom. The van der Waals surface area contributed by atoms with Gasteiger partial charge in [-0.2, -0.15) is 0 Å². The lowest BCUT2D eigenvalue weighted by Crippen LogP contribution is -2.31. The molecule has 0 aliphatic carbocycles. The molecular weight excluding hydrogens is 298 g/mol. The first-order valence-corrected chi connectivity index (χ1v) is 8.00. The summed E-state index contributed by atoms with van der Waals surface area (Å²) in [4.78, 5) is 12.0. The molecule has 0 amide bonds. The molecule has 3 heteroatoms. The summed E-state index contributed by atoms with van der Waals surface area (Å²) in [5, 5.41) is 3.46. The molecule has 0 radical (unpaired) electrons. The van der Waals surface area contributed by atoms with Crippen molar-refractivity contribution in [2.24, 2.45) is 0 Å². The molecular formula is C21H21NO2. The third-order valence-corrected chi connectivity index (χ3v) is 3.88. The number of carbonyl (C=O) groups is 1. The second-order valence-electron chi connectivity index (χ2n) is 6.55. The Morgan fingerprint density at radius 1 is 1.12 bits per heavy atom. The number of nitrogens with one attached hydrogen (secondary N) is 1. The zero-order valence-electron chi connectivity index (χ0n) is 14.2. The maximum absolute atomic E-state index is 12.0. The molecule has 3 rings (SSSR count). The molecule has 0 saturated carbocycles. The Morgan fingerprint density at radius 2 is 1.88 bits per heavy atom. The van der Waals surface area contributed by atoms with E-state index in [2.05, 4.69) is 32.2 Å². The van der Waals surface area contributed by atoms with Crippen LogP contribution in [0.2, 0.25) is 0 Å². The quantitative estimate of drug-likeness (QED) is 0.496. The van der Waals surface area contributed by atoms with Crippen LogP contribution in [0.15, 0.2) is 60.7 Å². The zero-order chi connectivity index (χ0) is 17.2. The zero-order valence-corrected chi connectivity index (χ0v) is 14.2. The molecule has 24 heavy (non-hydrogen) atoms. The van der Waals surface area contributed by atoms with Crippen molar-refractivity contribution in [3.63, 3.8) is 0 Å². The van der Waals surface area contributed by atoms with Gasteiger partial charge in [0.15, 0.2) is 0 Å². The van der Waals surface area contributed by atoms with Crippen molar-refractivity contribution in [2.75, 3.05) is 5.32 Å². The van der Waals surface area contributed by atoms with Gasteiger partial charge in [-0.1, -0.05) is 36.4 Å².